The van der Waals surface area contributed by atoms with Crippen molar-refractivity contribution < 1.29 is 24.2 Å². The van der Waals surface area contributed by atoms with Crippen LogP contribution in [0.5, 0.6) is 0 Å². The highest BCUT2D eigenvalue weighted by Crippen LogP contribution is 2.36. The number of carbonyl (C=O) groups is 2. The lowest BCUT2D eigenvalue weighted by molar-refractivity contribution is -0.116. The van der Waals surface area contributed by atoms with E-state index >= 15 is 0 Å². The molecule has 0 bridgehead atoms. The van der Waals surface area contributed by atoms with E-state index in [1.807, 2.05) is 0 Å². The maximum atomic E-state index is 13.4. The van der Waals surface area contributed by atoms with Crippen LogP contribution in [0.2, 0.25) is 0 Å². The predicted octanol–water partition coefficient (Wildman–Crippen LogP) is 3.70. The lowest BCUT2D eigenvalue weighted by Gasteiger charge is -2.18. The van der Waals surface area contributed by atoms with Gasteiger partial charge in [0.2, 0.25) is 11.6 Å². The summed E-state index contributed by atoms with van der Waals surface area (Å²) in [4.78, 5) is 28.1. The number of H-pyrrole nitrogens is 1. The van der Waals surface area contributed by atoms with Gasteiger partial charge in [0, 0.05) is 22.7 Å². The number of hydrogen-bond donors (Lipinski definition) is 3. The second-order valence-corrected chi connectivity index (χ2v) is 5.86. The molecule has 1 heterocycles. The van der Waals surface area contributed by atoms with E-state index in [4.69, 9.17) is 0 Å². The molecule has 6 heteroatoms. The SMILES string of the molecule is O=C1C(O)=C(c2c[nH]c3cc(F)ccc23)C(=O)C(O)=C1c1ccccc1. The summed E-state index contributed by atoms with van der Waals surface area (Å²) < 4.78 is 13.4. The minimum Gasteiger partial charge on any atom is -0.504 e. The lowest BCUT2D eigenvalue weighted by Crippen LogP contribution is -2.22. The van der Waals surface area contributed by atoms with Crippen molar-refractivity contribution in [2.45, 2.75) is 0 Å². The molecule has 0 atom stereocenters. The fourth-order valence-electron chi connectivity index (χ4n) is 3.11. The van der Waals surface area contributed by atoms with Crippen LogP contribution in [0.3, 0.4) is 0 Å². The smallest absolute Gasteiger partial charge is 0.232 e. The number of allylic oxidation sites excluding steroid dienone is 2. The number of halogens is 1. The number of aromatic nitrogens is 1. The van der Waals surface area contributed by atoms with E-state index < -0.39 is 28.9 Å². The molecule has 0 amide bonds. The predicted molar refractivity (Wildman–Crippen MR) is 93.8 cm³/mol. The van der Waals surface area contributed by atoms with Crippen LogP contribution in [0.25, 0.3) is 22.0 Å². The van der Waals surface area contributed by atoms with Gasteiger partial charge in [-0.2, -0.15) is 0 Å². The molecule has 5 nitrogen and oxygen atoms in total. The molecule has 0 radical (unpaired) electrons. The Bertz CT molecular complexity index is 1140. The maximum Gasteiger partial charge on any atom is 0.232 e. The summed E-state index contributed by atoms with van der Waals surface area (Å²) in [5, 5.41) is 21.2. The molecule has 128 valence electrons. The van der Waals surface area contributed by atoms with E-state index in [0.717, 1.165) is 0 Å². The van der Waals surface area contributed by atoms with Gasteiger partial charge in [-0.15, -0.1) is 0 Å². The van der Waals surface area contributed by atoms with Gasteiger partial charge in [0.05, 0.1) is 11.1 Å². The molecule has 0 unspecified atom stereocenters. The number of fused-ring (bicyclic) bond motifs is 1. The normalized spacial score (nSPS) is 15.3. The average molecular weight is 349 g/mol. The molecule has 0 saturated heterocycles. The summed E-state index contributed by atoms with van der Waals surface area (Å²) >= 11 is 0. The van der Waals surface area contributed by atoms with Crippen molar-refractivity contribution >= 4 is 33.6 Å². The molecular formula is C20H12FNO4. The van der Waals surface area contributed by atoms with E-state index in [1.54, 1.807) is 30.3 Å². The summed E-state index contributed by atoms with van der Waals surface area (Å²) in [6, 6.07) is 12.0. The Kier molecular flexibility index (Phi) is 3.47. The maximum absolute atomic E-state index is 13.4. The van der Waals surface area contributed by atoms with Crippen molar-refractivity contribution in [1.82, 2.24) is 4.98 Å². The van der Waals surface area contributed by atoms with Crippen molar-refractivity contribution in [3.63, 3.8) is 0 Å². The first-order chi connectivity index (χ1) is 12.5. The van der Waals surface area contributed by atoms with Gasteiger partial charge < -0.3 is 15.2 Å². The van der Waals surface area contributed by atoms with Crippen LogP contribution in [-0.2, 0) is 9.59 Å². The molecule has 0 saturated carbocycles. The quantitative estimate of drug-likeness (QED) is 0.615. The standard InChI is InChI=1S/C20H12FNO4/c21-11-6-7-12-13(9-22-14(12)8-11)16-19(25)17(23)15(18(24)20(16)26)10-4-2-1-3-5-10/h1-9,22-23,26H. The Hall–Kier alpha value is -3.67. The van der Waals surface area contributed by atoms with Crippen LogP contribution in [0.15, 0.2) is 66.2 Å². The van der Waals surface area contributed by atoms with Gasteiger partial charge in [0.15, 0.2) is 11.5 Å². The molecule has 4 rings (SSSR count). The van der Waals surface area contributed by atoms with E-state index in [-0.39, 0.29) is 16.7 Å². The lowest BCUT2D eigenvalue weighted by atomic mass is 9.86. The molecular weight excluding hydrogens is 337 g/mol. The highest BCUT2D eigenvalue weighted by atomic mass is 19.1. The Labute approximate surface area is 146 Å². The van der Waals surface area contributed by atoms with Crippen LogP contribution in [0, 0.1) is 5.82 Å². The monoisotopic (exact) mass is 349 g/mol. The third kappa shape index (κ3) is 2.23. The van der Waals surface area contributed by atoms with Gasteiger partial charge >= 0.3 is 0 Å². The van der Waals surface area contributed by atoms with Crippen molar-refractivity contribution in [3.8, 4) is 0 Å². The zero-order valence-corrected chi connectivity index (χ0v) is 13.3. The Balaban J connectivity index is 1.90. The topological polar surface area (TPSA) is 90.4 Å². The Morgan fingerprint density at radius 2 is 1.50 bits per heavy atom. The van der Waals surface area contributed by atoms with Crippen LogP contribution >= 0.6 is 0 Å². The first-order valence-electron chi connectivity index (χ1n) is 7.77. The second-order valence-electron chi connectivity index (χ2n) is 5.86. The van der Waals surface area contributed by atoms with Gasteiger partial charge in [-0.25, -0.2) is 4.39 Å². The minimum absolute atomic E-state index is 0.217. The van der Waals surface area contributed by atoms with Crippen LogP contribution < -0.4 is 0 Å². The van der Waals surface area contributed by atoms with Crippen molar-refractivity contribution in [1.29, 1.82) is 0 Å². The Morgan fingerprint density at radius 3 is 2.23 bits per heavy atom. The first kappa shape index (κ1) is 15.8. The van der Waals surface area contributed by atoms with Crippen molar-refractivity contribution in [2.75, 3.05) is 0 Å². The molecule has 1 aliphatic carbocycles. The van der Waals surface area contributed by atoms with E-state index in [1.165, 1.54) is 24.4 Å². The third-order valence-corrected chi connectivity index (χ3v) is 4.33. The van der Waals surface area contributed by atoms with Crippen LogP contribution in [-0.4, -0.2) is 26.8 Å². The summed E-state index contributed by atoms with van der Waals surface area (Å²) in [5.74, 6) is -3.67. The third-order valence-electron chi connectivity index (χ3n) is 4.33. The van der Waals surface area contributed by atoms with Gasteiger partial charge in [-0.1, -0.05) is 30.3 Å². The highest BCUT2D eigenvalue weighted by molar-refractivity contribution is 6.47. The molecule has 0 aliphatic heterocycles. The number of benzene rings is 2. The number of aliphatic hydroxyl groups is 2. The van der Waals surface area contributed by atoms with Gasteiger partial charge in [0.1, 0.15) is 5.82 Å². The number of rotatable bonds is 2. The molecule has 0 spiro atoms. The van der Waals surface area contributed by atoms with Gasteiger partial charge in [0.25, 0.3) is 0 Å². The number of aliphatic hydroxyl groups excluding tert-OH is 2. The van der Waals surface area contributed by atoms with Crippen molar-refractivity contribution in [2.24, 2.45) is 0 Å². The van der Waals surface area contributed by atoms with E-state index in [9.17, 15) is 24.2 Å². The molecule has 3 N–H and O–H groups in total. The van der Waals surface area contributed by atoms with Gasteiger partial charge in [-0.05, 0) is 23.8 Å². The van der Waals surface area contributed by atoms with Crippen LogP contribution in [0.4, 0.5) is 4.39 Å². The number of ketones is 2. The van der Waals surface area contributed by atoms with Gasteiger partial charge in [-0.3, -0.25) is 9.59 Å². The van der Waals surface area contributed by atoms with E-state index in [2.05, 4.69) is 4.98 Å². The molecule has 1 aromatic heterocycles. The minimum atomic E-state index is -0.869. The summed E-state index contributed by atoms with van der Waals surface area (Å²) in [5.41, 5.74) is 0.384. The van der Waals surface area contributed by atoms with Crippen molar-refractivity contribution in [3.05, 3.63) is 83.2 Å². The summed E-state index contributed by atoms with van der Waals surface area (Å²) in [6.07, 6.45) is 1.39. The molecule has 0 fully saturated rings. The Morgan fingerprint density at radius 1 is 0.846 bits per heavy atom. The zero-order chi connectivity index (χ0) is 18.4. The van der Waals surface area contributed by atoms with Crippen LogP contribution in [0.1, 0.15) is 11.1 Å². The largest absolute Gasteiger partial charge is 0.504 e. The molecule has 26 heavy (non-hydrogen) atoms. The molecule has 3 aromatic rings. The number of hydrogen-bond acceptors (Lipinski definition) is 4. The molecule has 1 aliphatic rings. The molecule has 2 aromatic carbocycles. The number of nitrogens with one attached hydrogen (secondary N) is 1. The number of carbonyl (C=O) groups excluding carboxylic acids is 2. The summed E-state index contributed by atoms with van der Waals surface area (Å²) in [7, 11) is 0. The fraction of sp³-hybridized carbons (Fsp3) is 0. The van der Waals surface area contributed by atoms with E-state index in [0.29, 0.717) is 16.5 Å². The second kappa shape index (κ2) is 5.70. The zero-order valence-electron chi connectivity index (χ0n) is 13.3. The number of Topliss-reactive ketones (excluding diaryl/α,β-unsaturated/α-hetero) is 2. The summed E-state index contributed by atoms with van der Waals surface area (Å²) in [6.45, 7) is 0. The highest BCUT2D eigenvalue weighted by Gasteiger charge is 2.37. The first-order valence-corrected chi connectivity index (χ1v) is 7.77. The average Bonchev–Trinajstić information content (AvgIpc) is 3.04. The number of aromatic amines is 1. The fourth-order valence-corrected chi connectivity index (χ4v) is 3.11.